The van der Waals surface area contributed by atoms with E-state index in [1.807, 2.05) is 0 Å². The van der Waals surface area contributed by atoms with E-state index in [0.717, 1.165) is 12.2 Å². The van der Waals surface area contributed by atoms with Gasteiger partial charge in [0.2, 0.25) is 0 Å². The second kappa shape index (κ2) is 12.0. The van der Waals surface area contributed by atoms with E-state index in [1.165, 1.54) is 97.1 Å². The van der Waals surface area contributed by atoms with Crippen LogP contribution in [-0.4, -0.2) is 16.6 Å². The quantitative estimate of drug-likeness (QED) is 0.157. The molecule has 0 saturated carbocycles. The van der Waals surface area contributed by atoms with Crippen LogP contribution in [0.5, 0.6) is 0 Å². The van der Waals surface area contributed by atoms with Gasteiger partial charge in [-0.2, -0.15) is 26.3 Å². The van der Waals surface area contributed by atoms with E-state index in [4.69, 9.17) is 23.2 Å². The molecule has 0 aliphatic heterocycles. The maximum Gasteiger partial charge on any atom is 0.417 e. The third-order valence-corrected chi connectivity index (χ3v) is 7.80. The van der Waals surface area contributed by atoms with E-state index in [2.05, 4.69) is 0 Å². The summed E-state index contributed by atoms with van der Waals surface area (Å²) in [6.07, 6.45) is -7.79. The summed E-state index contributed by atoms with van der Waals surface area (Å²) in [4.78, 5) is -0.00164. The molecule has 0 fully saturated rings. The molecule has 4 rings (SSSR count). The third kappa shape index (κ3) is 7.05. The predicted molar refractivity (Wildman–Crippen MR) is 148 cm³/mol. The lowest BCUT2D eigenvalue weighted by atomic mass is 10.0. The topological polar surface area (TPSA) is 17.1 Å². The molecule has 0 unspecified atom stereocenters. The van der Waals surface area contributed by atoms with Crippen LogP contribution in [-0.2, 0) is 10.8 Å². The van der Waals surface area contributed by atoms with Crippen LogP contribution in [0.2, 0.25) is 10.0 Å². The second-order valence-corrected chi connectivity index (χ2v) is 10.8. The highest BCUT2D eigenvalue weighted by Crippen LogP contribution is 2.39. The monoisotopic (exact) mass is 610 g/mol. The van der Waals surface area contributed by atoms with E-state index in [0.29, 0.717) is 0 Å². The number of rotatable bonds is 6. The Morgan fingerprint density at radius 1 is 0.550 bits per heavy atom. The Morgan fingerprint density at radius 2 is 0.875 bits per heavy atom. The van der Waals surface area contributed by atoms with Gasteiger partial charge in [0.25, 0.3) is 0 Å². The molecular weight excluding hydrogens is 593 g/mol. The van der Waals surface area contributed by atoms with Gasteiger partial charge in [0.15, 0.2) is 0 Å². The van der Waals surface area contributed by atoms with Crippen molar-refractivity contribution in [1.29, 1.82) is 0 Å². The first-order chi connectivity index (χ1) is 18.8. The Bertz CT molecular complexity index is 1470. The number of alkyl halides is 6. The average Bonchev–Trinajstić information content (AvgIpc) is 2.90. The maximum atomic E-state index is 14.1. The molecule has 0 saturated heterocycles. The second-order valence-electron chi connectivity index (χ2n) is 8.47. The summed E-state index contributed by atoms with van der Waals surface area (Å²) in [6, 6.07) is 21.6. The molecule has 0 aliphatic rings. The first kappa shape index (κ1) is 29.6. The fourth-order valence-corrected chi connectivity index (χ4v) is 5.46. The SMILES string of the molecule is O=S(c1ccccc1C=C(c1ccc(Cl)cc1)C(F)(F)F)c1ccccc1C=C(c1ccc(Cl)cc1)C(F)(F)F. The molecule has 4 aromatic carbocycles. The highest BCUT2D eigenvalue weighted by Gasteiger charge is 2.36. The van der Waals surface area contributed by atoms with Crippen molar-refractivity contribution >= 4 is 57.3 Å². The van der Waals surface area contributed by atoms with Crippen molar-refractivity contribution < 1.29 is 30.6 Å². The van der Waals surface area contributed by atoms with Crippen LogP contribution in [0.25, 0.3) is 23.3 Å². The van der Waals surface area contributed by atoms with Gasteiger partial charge in [-0.25, -0.2) is 4.21 Å². The van der Waals surface area contributed by atoms with Crippen LogP contribution >= 0.6 is 23.2 Å². The first-order valence-electron chi connectivity index (χ1n) is 11.5. The van der Waals surface area contributed by atoms with Crippen LogP contribution in [0, 0.1) is 0 Å². The standard InChI is InChI=1S/C30H18Cl2F6OS/c31-23-13-9-19(10-14-23)25(29(33,34)35)17-21-5-1-3-7-27(21)40(39)28-8-4-2-6-22(28)18-26(30(36,37)38)20-11-15-24(32)16-12-20/h1-18H. The van der Waals surface area contributed by atoms with Crippen LogP contribution in [0.15, 0.2) is 107 Å². The van der Waals surface area contributed by atoms with E-state index >= 15 is 0 Å². The van der Waals surface area contributed by atoms with Crippen LogP contribution in [0.3, 0.4) is 0 Å². The lowest BCUT2D eigenvalue weighted by molar-refractivity contribution is -0.0692. The lowest BCUT2D eigenvalue weighted by Gasteiger charge is -2.15. The summed E-state index contributed by atoms with van der Waals surface area (Å²) in [5.74, 6) is 0. The van der Waals surface area contributed by atoms with Crippen molar-refractivity contribution in [3.05, 3.63) is 129 Å². The van der Waals surface area contributed by atoms with Crippen molar-refractivity contribution in [2.24, 2.45) is 0 Å². The lowest BCUT2D eigenvalue weighted by Crippen LogP contribution is -2.11. The van der Waals surface area contributed by atoms with Gasteiger partial charge in [0.05, 0.1) is 31.7 Å². The van der Waals surface area contributed by atoms with E-state index < -0.39 is 34.3 Å². The molecule has 0 aliphatic carbocycles. The third-order valence-electron chi connectivity index (χ3n) is 5.76. The van der Waals surface area contributed by atoms with Gasteiger partial charge in [-0.3, -0.25) is 0 Å². The Kier molecular flexibility index (Phi) is 8.93. The Labute approximate surface area is 238 Å². The van der Waals surface area contributed by atoms with Gasteiger partial charge in [0, 0.05) is 10.0 Å². The van der Waals surface area contributed by atoms with Crippen molar-refractivity contribution in [2.75, 3.05) is 0 Å². The first-order valence-corrected chi connectivity index (χ1v) is 13.4. The zero-order valence-corrected chi connectivity index (χ0v) is 22.6. The van der Waals surface area contributed by atoms with Crippen LogP contribution < -0.4 is 0 Å². The normalized spacial score (nSPS) is 13.8. The van der Waals surface area contributed by atoms with Gasteiger partial charge in [0.1, 0.15) is 0 Å². The Morgan fingerprint density at radius 3 is 1.20 bits per heavy atom. The number of hydrogen-bond donors (Lipinski definition) is 0. The largest absolute Gasteiger partial charge is 0.417 e. The molecule has 0 N–H and O–H groups in total. The molecule has 0 radical (unpaired) electrons. The van der Waals surface area contributed by atoms with Gasteiger partial charge in [-0.15, -0.1) is 0 Å². The Hall–Kier alpha value is -3.33. The summed E-state index contributed by atoms with van der Waals surface area (Å²) in [7, 11) is -2.14. The van der Waals surface area contributed by atoms with Crippen molar-refractivity contribution in [1.82, 2.24) is 0 Å². The number of allylic oxidation sites excluding steroid dienone is 2. The number of hydrogen-bond acceptors (Lipinski definition) is 1. The smallest absolute Gasteiger partial charge is 0.249 e. The highest BCUT2D eigenvalue weighted by molar-refractivity contribution is 7.85. The summed E-state index contributed by atoms with van der Waals surface area (Å²) in [6.45, 7) is 0. The zero-order valence-electron chi connectivity index (χ0n) is 20.2. The van der Waals surface area contributed by atoms with Crippen molar-refractivity contribution in [2.45, 2.75) is 22.1 Å². The molecule has 0 bridgehead atoms. The summed E-state index contributed by atoms with van der Waals surface area (Å²) >= 11 is 11.7. The maximum absolute atomic E-state index is 14.1. The van der Waals surface area contributed by atoms with Crippen LogP contribution in [0.4, 0.5) is 26.3 Å². The predicted octanol–water partition coefficient (Wildman–Crippen LogP) is 10.4. The molecule has 40 heavy (non-hydrogen) atoms. The number of benzene rings is 4. The van der Waals surface area contributed by atoms with Gasteiger partial charge in [-0.1, -0.05) is 83.9 Å². The molecular formula is C30H18Cl2F6OS. The van der Waals surface area contributed by atoms with E-state index in [-0.39, 0.29) is 42.1 Å². The molecule has 10 heteroatoms. The van der Waals surface area contributed by atoms with Crippen LogP contribution in [0.1, 0.15) is 22.3 Å². The zero-order chi connectivity index (χ0) is 29.1. The fourth-order valence-electron chi connectivity index (χ4n) is 3.88. The minimum atomic E-state index is -4.76. The van der Waals surface area contributed by atoms with Gasteiger partial charge >= 0.3 is 12.4 Å². The fraction of sp³-hybridized carbons (Fsp3) is 0.0667. The molecule has 0 amide bonds. The highest BCUT2D eigenvalue weighted by atomic mass is 35.5. The Balaban J connectivity index is 1.84. The van der Waals surface area contributed by atoms with E-state index in [9.17, 15) is 30.6 Å². The molecule has 0 heterocycles. The van der Waals surface area contributed by atoms with E-state index in [1.54, 1.807) is 0 Å². The summed E-state index contributed by atoms with van der Waals surface area (Å²) < 4.78 is 98.1. The van der Waals surface area contributed by atoms with Crippen molar-refractivity contribution in [3.63, 3.8) is 0 Å². The minimum absolute atomic E-state index is 0.000819. The molecule has 0 atom stereocenters. The molecule has 206 valence electrons. The summed E-state index contributed by atoms with van der Waals surface area (Å²) in [5, 5.41) is 0.515. The van der Waals surface area contributed by atoms with Gasteiger partial charge < -0.3 is 0 Å². The average molecular weight is 611 g/mol. The van der Waals surface area contributed by atoms with Gasteiger partial charge in [-0.05, 0) is 70.8 Å². The molecule has 0 aromatic heterocycles. The minimum Gasteiger partial charge on any atom is -0.249 e. The van der Waals surface area contributed by atoms with Crippen molar-refractivity contribution in [3.8, 4) is 0 Å². The molecule has 4 aromatic rings. The molecule has 1 nitrogen and oxygen atoms in total. The summed E-state index contributed by atoms with van der Waals surface area (Å²) in [5.41, 5.74) is -2.31. The molecule has 0 spiro atoms. The number of halogens is 8.